The maximum atomic E-state index is 12.4. The van der Waals surface area contributed by atoms with Gasteiger partial charge >= 0.3 is 5.51 Å². The molecule has 2 N–H and O–H groups in total. The van der Waals surface area contributed by atoms with Gasteiger partial charge in [0.1, 0.15) is 12.4 Å². The molecule has 0 saturated heterocycles. The Morgan fingerprint density at radius 3 is 2.16 bits per heavy atom. The first kappa shape index (κ1) is 23.8. The number of alkyl halides is 3. The highest BCUT2D eigenvalue weighted by Crippen LogP contribution is 2.30. The van der Waals surface area contributed by atoms with Crippen molar-refractivity contribution in [3.63, 3.8) is 0 Å². The number of ether oxygens (including phenoxy) is 1. The summed E-state index contributed by atoms with van der Waals surface area (Å²) in [6.07, 6.45) is 0. The SMILES string of the molecule is CCN(CC)C(N)=NCCOc1ccc(S(=O)(=O)C(F)(F)F)cc1.I. The van der Waals surface area contributed by atoms with Crippen LogP contribution in [0.5, 0.6) is 5.75 Å². The van der Waals surface area contributed by atoms with Crippen LogP contribution in [0.4, 0.5) is 13.2 Å². The predicted molar refractivity (Wildman–Crippen MR) is 100 cm³/mol. The molecule has 0 amide bonds. The van der Waals surface area contributed by atoms with Crippen LogP contribution in [0.25, 0.3) is 0 Å². The third kappa shape index (κ3) is 6.53. The number of hydrogen-bond donors (Lipinski definition) is 1. The molecule has 0 aliphatic heterocycles. The fourth-order valence-corrected chi connectivity index (χ4v) is 2.58. The summed E-state index contributed by atoms with van der Waals surface area (Å²) in [5.41, 5.74) is 0.447. The van der Waals surface area contributed by atoms with Crippen molar-refractivity contribution in [2.24, 2.45) is 10.7 Å². The molecule has 0 radical (unpaired) electrons. The van der Waals surface area contributed by atoms with Crippen molar-refractivity contribution in [1.29, 1.82) is 0 Å². The van der Waals surface area contributed by atoms with Gasteiger partial charge in [0.15, 0.2) is 5.96 Å². The molecule has 0 spiro atoms. The van der Waals surface area contributed by atoms with E-state index in [4.69, 9.17) is 10.5 Å². The molecule has 11 heteroatoms. The average Bonchev–Trinajstić information content (AvgIpc) is 2.52. The van der Waals surface area contributed by atoms with Crippen LogP contribution in [-0.4, -0.2) is 51.0 Å². The van der Waals surface area contributed by atoms with E-state index in [1.165, 1.54) is 0 Å². The highest BCUT2D eigenvalue weighted by molar-refractivity contribution is 14.0. The molecule has 1 aromatic rings. The lowest BCUT2D eigenvalue weighted by Crippen LogP contribution is -2.37. The average molecular weight is 495 g/mol. The minimum atomic E-state index is -5.34. The van der Waals surface area contributed by atoms with E-state index in [0.717, 1.165) is 37.4 Å². The molecule has 1 aromatic carbocycles. The maximum absolute atomic E-state index is 12.4. The first-order chi connectivity index (χ1) is 11.1. The number of sulfone groups is 1. The number of nitrogens with zero attached hydrogens (tertiary/aromatic N) is 2. The van der Waals surface area contributed by atoms with E-state index < -0.39 is 20.2 Å². The Morgan fingerprint density at radius 2 is 1.72 bits per heavy atom. The van der Waals surface area contributed by atoms with Crippen LogP contribution in [0.3, 0.4) is 0 Å². The van der Waals surface area contributed by atoms with Crippen molar-refractivity contribution in [2.45, 2.75) is 24.3 Å². The standard InChI is InChI=1S/C14H20F3N3O3S.HI/c1-3-20(4-2)13(18)19-9-10-23-11-5-7-12(8-6-11)24(21,22)14(15,16)17;/h5-8H,3-4,9-10H2,1-2H3,(H2,18,19);1H. The minimum Gasteiger partial charge on any atom is -0.492 e. The van der Waals surface area contributed by atoms with Gasteiger partial charge in [-0.3, -0.25) is 0 Å². The summed E-state index contributed by atoms with van der Waals surface area (Å²) in [6, 6.07) is 4.03. The molecule has 25 heavy (non-hydrogen) atoms. The molecule has 0 bridgehead atoms. The molecule has 0 heterocycles. The molecule has 0 saturated carbocycles. The molecule has 0 unspecified atom stereocenters. The van der Waals surface area contributed by atoms with Crippen LogP contribution >= 0.6 is 24.0 Å². The second-order valence-electron chi connectivity index (χ2n) is 4.68. The lowest BCUT2D eigenvalue weighted by Gasteiger charge is -2.19. The van der Waals surface area contributed by atoms with Crippen LogP contribution < -0.4 is 10.5 Å². The Balaban J connectivity index is 0.00000576. The molecular weight excluding hydrogens is 474 g/mol. The number of guanidine groups is 1. The zero-order valence-electron chi connectivity index (χ0n) is 13.8. The Kier molecular flexibility index (Phi) is 9.54. The van der Waals surface area contributed by atoms with E-state index in [0.29, 0.717) is 5.96 Å². The van der Waals surface area contributed by atoms with Crippen molar-refractivity contribution in [3.05, 3.63) is 24.3 Å². The molecule has 144 valence electrons. The number of hydrogen-bond acceptors (Lipinski definition) is 4. The summed E-state index contributed by atoms with van der Waals surface area (Å²) in [6.45, 7) is 5.76. The predicted octanol–water partition coefficient (Wildman–Crippen LogP) is 2.63. The zero-order valence-corrected chi connectivity index (χ0v) is 16.9. The van der Waals surface area contributed by atoms with E-state index >= 15 is 0 Å². The quantitative estimate of drug-likeness (QED) is 0.272. The van der Waals surface area contributed by atoms with Crippen molar-refractivity contribution in [1.82, 2.24) is 4.90 Å². The third-order valence-electron chi connectivity index (χ3n) is 3.16. The first-order valence-electron chi connectivity index (χ1n) is 7.22. The van der Waals surface area contributed by atoms with Crippen LogP contribution in [0, 0.1) is 0 Å². The van der Waals surface area contributed by atoms with Gasteiger partial charge in [0.05, 0.1) is 11.4 Å². The summed E-state index contributed by atoms with van der Waals surface area (Å²) in [5, 5.41) is 0. The van der Waals surface area contributed by atoms with Crippen LogP contribution in [0.2, 0.25) is 0 Å². The van der Waals surface area contributed by atoms with E-state index in [2.05, 4.69) is 4.99 Å². The number of halogens is 4. The van der Waals surface area contributed by atoms with Gasteiger partial charge in [-0.2, -0.15) is 13.2 Å². The Hall–Kier alpha value is -1.24. The molecule has 0 aliphatic carbocycles. The molecule has 1 rings (SSSR count). The van der Waals surface area contributed by atoms with Crippen molar-refractivity contribution in [2.75, 3.05) is 26.2 Å². The molecular formula is C14H21F3IN3O3S. The molecule has 0 aromatic heterocycles. The van der Waals surface area contributed by atoms with Crippen molar-refractivity contribution in [3.8, 4) is 5.75 Å². The van der Waals surface area contributed by atoms with E-state index in [-0.39, 0.29) is 42.9 Å². The van der Waals surface area contributed by atoms with Crippen LogP contribution in [0.1, 0.15) is 13.8 Å². The van der Waals surface area contributed by atoms with Gasteiger partial charge in [-0.05, 0) is 38.1 Å². The van der Waals surface area contributed by atoms with Gasteiger partial charge in [0.2, 0.25) is 0 Å². The molecule has 0 atom stereocenters. The van der Waals surface area contributed by atoms with Crippen molar-refractivity contribution >= 4 is 39.8 Å². The van der Waals surface area contributed by atoms with Gasteiger partial charge in [0.25, 0.3) is 9.84 Å². The lowest BCUT2D eigenvalue weighted by molar-refractivity contribution is -0.0436. The monoisotopic (exact) mass is 495 g/mol. The van der Waals surface area contributed by atoms with Gasteiger partial charge < -0.3 is 15.4 Å². The van der Waals surface area contributed by atoms with E-state index in [9.17, 15) is 21.6 Å². The highest BCUT2D eigenvalue weighted by atomic mass is 127. The van der Waals surface area contributed by atoms with Gasteiger partial charge in [0, 0.05) is 13.1 Å². The Labute approximate surface area is 162 Å². The summed E-state index contributed by atoms with van der Waals surface area (Å²) >= 11 is 0. The lowest BCUT2D eigenvalue weighted by atomic mass is 10.3. The third-order valence-corrected chi connectivity index (χ3v) is 4.66. The molecule has 0 fully saturated rings. The number of rotatable bonds is 7. The zero-order chi connectivity index (χ0) is 18.4. The van der Waals surface area contributed by atoms with Gasteiger partial charge in [-0.25, -0.2) is 13.4 Å². The minimum absolute atomic E-state index is 0. The molecule has 6 nitrogen and oxygen atoms in total. The Bertz CT molecular complexity index is 660. The number of aliphatic imine (C=N–C) groups is 1. The first-order valence-corrected chi connectivity index (χ1v) is 8.70. The molecule has 0 aliphatic rings. The number of benzene rings is 1. The largest absolute Gasteiger partial charge is 0.501 e. The second kappa shape index (κ2) is 10.0. The van der Waals surface area contributed by atoms with Crippen molar-refractivity contribution < 1.29 is 26.3 Å². The normalized spacial score (nSPS) is 12.4. The fourth-order valence-electron chi connectivity index (χ4n) is 1.82. The summed E-state index contributed by atoms with van der Waals surface area (Å²) in [4.78, 5) is 5.15. The highest BCUT2D eigenvalue weighted by Gasteiger charge is 2.46. The second-order valence-corrected chi connectivity index (χ2v) is 6.62. The Morgan fingerprint density at radius 1 is 1.20 bits per heavy atom. The van der Waals surface area contributed by atoms with E-state index in [1.54, 1.807) is 0 Å². The summed E-state index contributed by atoms with van der Waals surface area (Å²) in [7, 11) is -5.34. The summed E-state index contributed by atoms with van der Waals surface area (Å²) < 4.78 is 65.0. The van der Waals surface area contributed by atoms with E-state index in [1.807, 2.05) is 18.7 Å². The fraction of sp³-hybridized carbons (Fsp3) is 0.500. The topological polar surface area (TPSA) is 85.0 Å². The summed E-state index contributed by atoms with van der Waals surface area (Å²) in [5.74, 6) is 0.628. The maximum Gasteiger partial charge on any atom is 0.501 e. The van der Waals surface area contributed by atoms with Crippen LogP contribution in [0.15, 0.2) is 34.2 Å². The van der Waals surface area contributed by atoms with Crippen LogP contribution in [-0.2, 0) is 9.84 Å². The smallest absolute Gasteiger partial charge is 0.492 e. The van der Waals surface area contributed by atoms with Gasteiger partial charge in [-0.1, -0.05) is 0 Å². The number of nitrogens with two attached hydrogens (primary N) is 1. The van der Waals surface area contributed by atoms with Gasteiger partial charge in [-0.15, -0.1) is 24.0 Å².